The second-order valence-electron chi connectivity index (χ2n) is 10.3. The molecule has 40 heavy (non-hydrogen) atoms. The van der Waals surface area contributed by atoms with E-state index in [9.17, 15) is 18.0 Å². The number of rotatable bonds is 11. The SMILES string of the molecule is CS(=O)(=O)N(CC(=O)N(Cc1ccccc1)C(Cc1ccccc1)C(=O)NC1CCCCC1)c1ccc(Cl)cc1. The van der Waals surface area contributed by atoms with Crippen molar-refractivity contribution in [2.75, 3.05) is 17.1 Å². The first-order valence-corrected chi connectivity index (χ1v) is 15.8. The van der Waals surface area contributed by atoms with Gasteiger partial charge in [0.15, 0.2) is 0 Å². The highest BCUT2D eigenvalue weighted by Crippen LogP contribution is 2.23. The van der Waals surface area contributed by atoms with Crippen LogP contribution < -0.4 is 9.62 Å². The predicted octanol–water partition coefficient (Wildman–Crippen LogP) is 5.20. The van der Waals surface area contributed by atoms with Crippen LogP contribution in [-0.4, -0.2) is 50.0 Å². The van der Waals surface area contributed by atoms with Crippen molar-refractivity contribution >= 4 is 39.1 Å². The minimum atomic E-state index is -3.82. The number of benzene rings is 3. The number of amides is 2. The van der Waals surface area contributed by atoms with Gasteiger partial charge in [0, 0.05) is 24.0 Å². The molecule has 0 bridgehead atoms. The van der Waals surface area contributed by atoms with Gasteiger partial charge in [-0.1, -0.05) is 91.5 Å². The van der Waals surface area contributed by atoms with E-state index in [4.69, 9.17) is 11.6 Å². The Labute approximate surface area is 242 Å². The molecule has 0 aromatic heterocycles. The van der Waals surface area contributed by atoms with Crippen LogP contribution in [0.2, 0.25) is 5.02 Å². The number of nitrogens with one attached hydrogen (secondary N) is 1. The Morgan fingerprint density at radius 1 is 0.875 bits per heavy atom. The number of hydrogen-bond acceptors (Lipinski definition) is 4. The van der Waals surface area contributed by atoms with E-state index in [0.29, 0.717) is 17.1 Å². The Morgan fingerprint density at radius 2 is 1.45 bits per heavy atom. The molecule has 1 unspecified atom stereocenters. The van der Waals surface area contributed by atoms with Crippen LogP contribution in [0.4, 0.5) is 5.69 Å². The molecule has 0 heterocycles. The summed E-state index contributed by atoms with van der Waals surface area (Å²) in [5.41, 5.74) is 2.08. The molecular formula is C31H36ClN3O4S. The second kappa shape index (κ2) is 13.8. The molecule has 1 saturated carbocycles. The summed E-state index contributed by atoms with van der Waals surface area (Å²) < 4.78 is 26.7. The quantitative estimate of drug-likeness (QED) is 0.337. The third-order valence-corrected chi connectivity index (χ3v) is 8.60. The summed E-state index contributed by atoms with van der Waals surface area (Å²) in [6.07, 6.45) is 6.47. The molecule has 0 aliphatic heterocycles. The summed E-state index contributed by atoms with van der Waals surface area (Å²) in [6, 6.07) is 24.5. The highest BCUT2D eigenvalue weighted by Gasteiger charge is 2.34. The molecule has 3 aromatic carbocycles. The average molecular weight is 582 g/mol. The summed E-state index contributed by atoms with van der Waals surface area (Å²) in [5, 5.41) is 3.66. The molecule has 1 aliphatic rings. The van der Waals surface area contributed by atoms with Crippen molar-refractivity contribution in [2.45, 2.75) is 57.2 Å². The Morgan fingerprint density at radius 3 is 2.02 bits per heavy atom. The Hall–Kier alpha value is -3.36. The van der Waals surface area contributed by atoms with E-state index < -0.39 is 28.5 Å². The third-order valence-electron chi connectivity index (χ3n) is 7.21. The Kier molecular flexibility index (Phi) is 10.2. The lowest BCUT2D eigenvalue weighted by Crippen LogP contribution is -2.55. The molecule has 1 N–H and O–H groups in total. The van der Waals surface area contributed by atoms with Gasteiger partial charge in [-0.15, -0.1) is 0 Å². The molecule has 212 valence electrons. The van der Waals surface area contributed by atoms with Gasteiger partial charge in [-0.25, -0.2) is 8.42 Å². The molecule has 1 fully saturated rings. The molecule has 0 spiro atoms. The van der Waals surface area contributed by atoms with Crippen molar-refractivity contribution in [3.8, 4) is 0 Å². The van der Waals surface area contributed by atoms with Gasteiger partial charge in [-0.05, 0) is 48.2 Å². The van der Waals surface area contributed by atoms with Gasteiger partial charge in [-0.2, -0.15) is 0 Å². The average Bonchev–Trinajstić information content (AvgIpc) is 2.95. The first kappa shape index (κ1) is 29.6. The van der Waals surface area contributed by atoms with Crippen molar-refractivity contribution in [3.63, 3.8) is 0 Å². The van der Waals surface area contributed by atoms with E-state index in [1.165, 1.54) is 4.90 Å². The number of sulfonamides is 1. The monoisotopic (exact) mass is 581 g/mol. The molecule has 2 amide bonds. The van der Waals surface area contributed by atoms with Crippen LogP contribution in [-0.2, 0) is 32.6 Å². The van der Waals surface area contributed by atoms with Crippen molar-refractivity contribution in [2.24, 2.45) is 0 Å². The maximum Gasteiger partial charge on any atom is 0.244 e. The minimum Gasteiger partial charge on any atom is -0.352 e. The largest absolute Gasteiger partial charge is 0.352 e. The van der Waals surface area contributed by atoms with Gasteiger partial charge < -0.3 is 10.2 Å². The van der Waals surface area contributed by atoms with Gasteiger partial charge >= 0.3 is 0 Å². The number of carbonyl (C=O) groups excluding carboxylic acids is 2. The van der Waals surface area contributed by atoms with Crippen LogP contribution in [0.25, 0.3) is 0 Å². The van der Waals surface area contributed by atoms with Crippen LogP contribution >= 0.6 is 11.6 Å². The number of hydrogen-bond donors (Lipinski definition) is 1. The highest BCUT2D eigenvalue weighted by atomic mass is 35.5. The number of anilines is 1. The number of halogens is 1. The molecular weight excluding hydrogens is 546 g/mol. The highest BCUT2D eigenvalue weighted by molar-refractivity contribution is 7.92. The Bertz CT molecular complexity index is 1360. The zero-order chi connectivity index (χ0) is 28.5. The summed E-state index contributed by atoms with van der Waals surface area (Å²) in [6.45, 7) is -0.289. The van der Waals surface area contributed by atoms with E-state index in [0.717, 1.165) is 53.8 Å². The molecule has 9 heteroatoms. The maximum absolute atomic E-state index is 14.1. The van der Waals surface area contributed by atoms with Crippen molar-refractivity contribution in [1.29, 1.82) is 0 Å². The lowest BCUT2D eigenvalue weighted by Gasteiger charge is -2.35. The summed E-state index contributed by atoms with van der Waals surface area (Å²) in [5.74, 6) is -0.693. The van der Waals surface area contributed by atoms with Crippen LogP contribution in [0.3, 0.4) is 0 Å². The standard InChI is InChI=1S/C31H36ClN3O4S/c1-40(38,39)35(28-19-17-26(32)18-20-28)23-30(36)34(22-25-13-7-3-8-14-25)29(21-24-11-5-2-6-12-24)31(37)33-27-15-9-4-10-16-27/h2-3,5-8,11-14,17-20,27,29H,4,9-10,15-16,21-23H2,1H3,(H,33,37). The normalized spacial score (nSPS) is 14.8. The fraction of sp³-hybridized carbons (Fsp3) is 0.355. The van der Waals surface area contributed by atoms with Crippen molar-refractivity contribution < 1.29 is 18.0 Å². The van der Waals surface area contributed by atoms with Crippen LogP contribution in [0.15, 0.2) is 84.9 Å². The predicted molar refractivity (Wildman–Crippen MR) is 160 cm³/mol. The van der Waals surface area contributed by atoms with Crippen molar-refractivity contribution in [3.05, 3.63) is 101 Å². The topological polar surface area (TPSA) is 86.8 Å². The van der Waals surface area contributed by atoms with Gasteiger partial charge in [0.25, 0.3) is 0 Å². The van der Waals surface area contributed by atoms with Crippen LogP contribution in [0.5, 0.6) is 0 Å². The van der Waals surface area contributed by atoms with E-state index in [1.54, 1.807) is 24.3 Å². The zero-order valence-corrected chi connectivity index (χ0v) is 24.3. The molecule has 3 aromatic rings. The molecule has 1 atom stereocenters. The lowest BCUT2D eigenvalue weighted by molar-refractivity contribution is -0.140. The first-order chi connectivity index (χ1) is 19.2. The second-order valence-corrected chi connectivity index (χ2v) is 12.6. The van der Waals surface area contributed by atoms with E-state index in [2.05, 4.69) is 5.32 Å². The van der Waals surface area contributed by atoms with Crippen molar-refractivity contribution in [1.82, 2.24) is 10.2 Å². The lowest BCUT2D eigenvalue weighted by atomic mass is 9.94. The Balaban J connectivity index is 1.69. The molecule has 4 rings (SSSR count). The van der Waals surface area contributed by atoms with Crippen LogP contribution in [0.1, 0.15) is 43.2 Å². The third kappa shape index (κ3) is 8.32. The van der Waals surface area contributed by atoms with E-state index >= 15 is 0 Å². The molecule has 0 saturated heterocycles. The number of carbonyl (C=O) groups is 2. The van der Waals surface area contributed by atoms with Gasteiger partial charge in [-0.3, -0.25) is 13.9 Å². The van der Waals surface area contributed by atoms with Gasteiger partial charge in [0.2, 0.25) is 21.8 Å². The first-order valence-electron chi connectivity index (χ1n) is 13.6. The fourth-order valence-corrected chi connectivity index (χ4v) is 6.08. The molecule has 1 aliphatic carbocycles. The minimum absolute atomic E-state index is 0.0646. The summed E-state index contributed by atoms with van der Waals surface area (Å²) >= 11 is 6.02. The van der Waals surface area contributed by atoms with Gasteiger partial charge in [0.1, 0.15) is 12.6 Å². The van der Waals surface area contributed by atoms with E-state index in [1.807, 2.05) is 60.7 Å². The van der Waals surface area contributed by atoms with Crippen LogP contribution in [0, 0.1) is 0 Å². The smallest absolute Gasteiger partial charge is 0.244 e. The van der Waals surface area contributed by atoms with E-state index in [-0.39, 0.29) is 18.5 Å². The summed E-state index contributed by atoms with van der Waals surface area (Å²) in [4.78, 5) is 29.5. The zero-order valence-electron chi connectivity index (χ0n) is 22.7. The maximum atomic E-state index is 14.1. The molecule has 7 nitrogen and oxygen atoms in total. The number of nitrogens with zero attached hydrogens (tertiary/aromatic N) is 2. The van der Waals surface area contributed by atoms with Gasteiger partial charge in [0.05, 0.1) is 11.9 Å². The molecule has 0 radical (unpaired) electrons. The summed E-state index contributed by atoms with van der Waals surface area (Å²) in [7, 11) is -3.82. The fourth-order valence-electron chi connectivity index (χ4n) is 5.10.